The van der Waals surface area contributed by atoms with Crippen LogP contribution in [0.25, 0.3) is 10.8 Å². The number of hydrogen-bond acceptors (Lipinski definition) is 8. The third kappa shape index (κ3) is 3.94. The molecule has 0 aliphatic carbocycles. The molecule has 2 aliphatic heterocycles. The van der Waals surface area contributed by atoms with Gasteiger partial charge in [-0.2, -0.15) is 4.72 Å². The third-order valence-corrected chi connectivity index (χ3v) is 6.64. The van der Waals surface area contributed by atoms with Crippen molar-refractivity contribution in [2.75, 3.05) is 45.3 Å². The largest absolute Gasteiger partial charge is 0.457 e. The summed E-state index contributed by atoms with van der Waals surface area (Å²) in [5.41, 5.74) is -0.507. The van der Waals surface area contributed by atoms with Crippen LogP contribution in [0.15, 0.2) is 41.3 Å². The second-order valence-corrected chi connectivity index (χ2v) is 9.15. The molecule has 2 fully saturated rings. The number of sulfonamides is 1. The van der Waals surface area contributed by atoms with Crippen LogP contribution in [0.2, 0.25) is 0 Å². The number of hydrogen-bond donors (Lipinski definition) is 4. The smallest absolute Gasteiger partial charge is 0.344 e. The lowest BCUT2D eigenvalue weighted by atomic mass is 10.1. The Labute approximate surface area is 169 Å². The van der Waals surface area contributed by atoms with E-state index in [1.54, 1.807) is 18.2 Å². The van der Waals surface area contributed by atoms with Crippen LogP contribution in [0, 0.1) is 0 Å². The molecule has 0 bridgehead atoms. The molecule has 1 atom stereocenters. The van der Waals surface area contributed by atoms with Crippen LogP contribution in [-0.2, 0) is 19.6 Å². The normalized spacial score (nSPS) is 22.4. The number of anilines is 1. The predicted molar refractivity (Wildman–Crippen MR) is 110 cm³/mol. The first-order valence-electron chi connectivity index (χ1n) is 9.43. The monoisotopic (exact) mass is 419 g/mol. The lowest BCUT2D eigenvalue weighted by Crippen LogP contribution is -2.53. The van der Waals surface area contributed by atoms with Gasteiger partial charge in [0.1, 0.15) is 6.10 Å². The SMILES string of the molecule is CN(C)c1cccc2c(S(=O)(=O)NC3(C(=O)OC4CNCNC4)CN3)cccc12. The second kappa shape index (κ2) is 7.54. The standard InChI is InChI=1S/C19H25N5O4S/c1-24(2)16-7-3-6-15-14(16)5-4-8-17(15)29(26,27)23-19(11-22-19)18(25)28-13-9-20-12-21-10-13/h3-8,13,20-23H,9-12H2,1-2H3. The number of nitrogens with zero attached hydrogens (tertiary/aromatic N) is 1. The summed E-state index contributed by atoms with van der Waals surface area (Å²) in [6, 6.07) is 10.6. The summed E-state index contributed by atoms with van der Waals surface area (Å²) in [6.45, 7) is 1.89. The molecule has 29 heavy (non-hydrogen) atoms. The Kier molecular flexibility index (Phi) is 5.21. The zero-order chi connectivity index (χ0) is 20.6. The van der Waals surface area contributed by atoms with Gasteiger partial charge in [-0.05, 0) is 12.1 Å². The molecule has 0 radical (unpaired) electrons. The quantitative estimate of drug-likeness (QED) is 0.367. The van der Waals surface area contributed by atoms with Gasteiger partial charge in [0.15, 0.2) is 5.66 Å². The molecule has 10 heteroatoms. The highest BCUT2D eigenvalue weighted by molar-refractivity contribution is 7.89. The van der Waals surface area contributed by atoms with Gasteiger partial charge in [-0.25, -0.2) is 13.2 Å². The Balaban J connectivity index is 1.61. The van der Waals surface area contributed by atoms with E-state index in [4.69, 9.17) is 4.74 Å². The average Bonchev–Trinajstić information content (AvgIpc) is 3.47. The van der Waals surface area contributed by atoms with Gasteiger partial charge in [-0.3, -0.25) is 5.32 Å². The molecule has 2 aromatic carbocycles. The summed E-state index contributed by atoms with van der Waals surface area (Å²) in [5, 5.41) is 10.4. The minimum atomic E-state index is -3.97. The summed E-state index contributed by atoms with van der Waals surface area (Å²) in [5.74, 6) is -0.620. The van der Waals surface area contributed by atoms with Gasteiger partial charge in [0.2, 0.25) is 10.0 Å². The van der Waals surface area contributed by atoms with Crippen molar-refractivity contribution in [1.29, 1.82) is 0 Å². The van der Waals surface area contributed by atoms with Crippen molar-refractivity contribution >= 4 is 32.5 Å². The van der Waals surface area contributed by atoms with Crippen LogP contribution in [0.5, 0.6) is 0 Å². The summed E-state index contributed by atoms with van der Waals surface area (Å²) in [6.07, 6.45) is -0.347. The Hall–Kier alpha value is -2.24. The van der Waals surface area contributed by atoms with Crippen LogP contribution in [0.3, 0.4) is 0 Å². The van der Waals surface area contributed by atoms with E-state index in [2.05, 4.69) is 20.7 Å². The maximum Gasteiger partial charge on any atom is 0.344 e. The fraction of sp³-hybridized carbons (Fsp3) is 0.421. The summed E-state index contributed by atoms with van der Waals surface area (Å²) in [7, 11) is -0.163. The highest BCUT2D eigenvalue weighted by atomic mass is 32.2. The molecular weight excluding hydrogens is 394 g/mol. The fourth-order valence-electron chi connectivity index (χ4n) is 3.48. The van der Waals surface area contributed by atoms with E-state index in [0.29, 0.717) is 25.1 Å². The van der Waals surface area contributed by atoms with Crippen molar-refractivity contribution in [3.8, 4) is 0 Å². The molecule has 2 heterocycles. The van der Waals surface area contributed by atoms with Crippen molar-refractivity contribution in [1.82, 2.24) is 20.7 Å². The summed E-state index contributed by atoms with van der Waals surface area (Å²) < 4.78 is 34.4. The zero-order valence-corrected chi connectivity index (χ0v) is 17.2. The number of fused-ring (bicyclic) bond motifs is 1. The molecule has 2 aliphatic rings. The van der Waals surface area contributed by atoms with Crippen molar-refractivity contribution in [2.24, 2.45) is 0 Å². The van der Waals surface area contributed by atoms with E-state index in [1.807, 2.05) is 37.2 Å². The molecule has 0 saturated carbocycles. The van der Waals surface area contributed by atoms with Gasteiger partial charge < -0.3 is 20.3 Å². The number of nitrogens with one attached hydrogen (secondary N) is 4. The van der Waals surface area contributed by atoms with E-state index < -0.39 is 21.7 Å². The van der Waals surface area contributed by atoms with Crippen LogP contribution in [0.4, 0.5) is 5.69 Å². The maximum absolute atomic E-state index is 13.2. The maximum atomic E-state index is 13.2. The van der Waals surface area contributed by atoms with Gasteiger partial charge in [0, 0.05) is 56.9 Å². The molecule has 2 aromatic rings. The summed E-state index contributed by atoms with van der Waals surface area (Å²) >= 11 is 0. The minimum Gasteiger partial charge on any atom is -0.457 e. The van der Waals surface area contributed by atoms with Crippen molar-refractivity contribution < 1.29 is 17.9 Å². The van der Waals surface area contributed by atoms with Gasteiger partial charge in [-0.15, -0.1) is 0 Å². The molecular formula is C19H25N5O4S. The molecule has 4 N–H and O–H groups in total. The Morgan fingerprint density at radius 1 is 1.14 bits per heavy atom. The van der Waals surface area contributed by atoms with Gasteiger partial charge in [0.25, 0.3) is 0 Å². The van der Waals surface area contributed by atoms with Crippen molar-refractivity contribution in [2.45, 2.75) is 16.7 Å². The van der Waals surface area contributed by atoms with E-state index in [9.17, 15) is 13.2 Å². The van der Waals surface area contributed by atoms with Gasteiger partial charge in [0.05, 0.1) is 4.90 Å². The molecule has 2 saturated heterocycles. The lowest BCUT2D eigenvalue weighted by molar-refractivity contribution is -0.152. The van der Waals surface area contributed by atoms with E-state index >= 15 is 0 Å². The molecule has 9 nitrogen and oxygen atoms in total. The average molecular weight is 420 g/mol. The van der Waals surface area contributed by atoms with E-state index in [0.717, 1.165) is 11.1 Å². The van der Waals surface area contributed by atoms with Crippen LogP contribution in [0.1, 0.15) is 0 Å². The van der Waals surface area contributed by atoms with Crippen LogP contribution < -0.4 is 25.6 Å². The number of rotatable bonds is 6. The van der Waals surface area contributed by atoms with E-state index in [1.165, 1.54) is 0 Å². The van der Waals surface area contributed by atoms with Crippen molar-refractivity contribution in [3.63, 3.8) is 0 Å². The van der Waals surface area contributed by atoms with Crippen LogP contribution >= 0.6 is 0 Å². The minimum absolute atomic E-state index is 0.126. The lowest BCUT2D eigenvalue weighted by Gasteiger charge is -2.26. The molecule has 0 aromatic heterocycles. The van der Waals surface area contributed by atoms with Gasteiger partial charge in [-0.1, -0.05) is 24.3 Å². The zero-order valence-electron chi connectivity index (χ0n) is 16.4. The molecule has 0 amide bonds. The van der Waals surface area contributed by atoms with Crippen molar-refractivity contribution in [3.05, 3.63) is 36.4 Å². The first-order valence-corrected chi connectivity index (χ1v) is 10.9. The Morgan fingerprint density at radius 3 is 2.45 bits per heavy atom. The van der Waals surface area contributed by atoms with E-state index in [-0.39, 0.29) is 17.5 Å². The highest BCUT2D eigenvalue weighted by Gasteiger charge is 2.55. The Morgan fingerprint density at radius 2 is 1.79 bits per heavy atom. The van der Waals surface area contributed by atoms with Gasteiger partial charge >= 0.3 is 5.97 Å². The molecule has 1 unspecified atom stereocenters. The topological polar surface area (TPSA) is 122 Å². The van der Waals surface area contributed by atoms with Crippen LogP contribution in [-0.4, -0.2) is 66.6 Å². The number of esters is 1. The Bertz CT molecular complexity index is 1030. The first kappa shape index (κ1) is 20.0. The fourth-order valence-corrected chi connectivity index (χ4v) is 5.00. The molecule has 156 valence electrons. The highest BCUT2D eigenvalue weighted by Crippen LogP contribution is 2.31. The molecule has 0 spiro atoms. The number of ether oxygens (including phenoxy) is 1. The first-order chi connectivity index (χ1) is 13.8. The second-order valence-electron chi connectivity index (χ2n) is 7.50. The number of carbonyl (C=O) groups excluding carboxylic acids is 1. The number of carbonyl (C=O) groups is 1. The molecule has 4 rings (SSSR count). The predicted octanol–water partition coefficient (Wildman–Crippen LogP) is -0.454. The summed E-state index contributed by atoms with van der Waals surface area (Å²) in [4.78, 5) is 14.7. The number of benzene rings is 2. The third-order valence-electron chi connectivity index (χ3n) is 5.09.